The quantitative estimate of drug-likeness (QED) is 0.604. The number of hydrogen-bond donors (Lipinski definition) is 2. The minimum atomic E-state index is -0.254. The average molecular weight is 469 g/mol. The number of pyridine rings is 1. The Bertz CT molecular complexity index is 1370. The molecule has 0 bridgehead atoms. The van der Waals surface area contributed by atoms with Gasteiger partial charge in [0.25, 0.3) is 0 Å². The molecule has 2 aromatic heterocycles. The van der Waals surface area contributed by atoms with Crippen LogP contribution >= 0.6 is 0 Å². The third-order valence-corrected chi connectivity index (χ3v) is 6.30. The van der Waals surface area contributed by atoms with Crippen LogP contribution in [-0.4, -0.2) is 26.7 Å². The Morgan fingerprint density at radius 1 is 1.23 bits per heavy atom. The number of fused-ring (bicyclic) bond motifs is 2. The lowest BCUT2D eigenvalue weighted by Crippen LogP contribution is -2.36. The van der Waals surface area contributed by atoms with Crippen LogP contribution < -0.4 is 20.6 Å². The van der Waals surface area contributed by atoms with E-state index in [0.29, 0.717) is 13.0 Å². The maximum atomic E-state index is 12.8. The molecule has 35 heavy (non-hydrogen) atoms. The fraction of sp³-hybridized carbons (Fsp3) is 0.345. The van der Waals surface area contributed by atoms with Crippen LogP contribution in [0.15, 0.2) is 49.2 Å². The Labute approximate surface area is 205 Å². The molecule has 6 heteroatoms. The van der Waals surface area contributed by atoms with Crippen molar-refractivity contribution in [3.63, 3.8) is 0 Å². The summed E-state index contributed by atoms with van der Waals surface area (Å²) in [7, 11) is 0. The van der Waals surface area contributed by atoms with Gasteiger partial charge < -0.3 is 10.1 Å². The second kappa shape index (κ2) is 9.53. The van der Waals surface area contributed by atoms with Crippen LogP contribution in [0.25, 0.3) is 29.0 Å². The van der Waals surface area contributed by atoms with Crippen molar-refractivity contribution in [3.8, 4) is 17.0 Å². The van der Waals surface area contributed by atoms with Gasteiger partial charge in [0.05, 0.1) is 29.2 Å². The van der Waals surface area contributed by atoms with Gasteiger partial charge in [0, 0.05) is 29.0 Å². The molecule has 6 rings (SSSR count). The normalized spacial score (nSPS) is 18.9. The zero-order valence-corrected chi connectivity index (χ0v) is 20.4. The molecular weight excluding hydrogens is 436 g/mol. The van der Waals surface area contributed by atoms with Crippen LogP contribution in [0, 0.1) is 5.92 Å². The van der Waals surface area contributed by atoms with Crippen molar-refractivity contribution in [2.75, 3.05) is 0 Å². The van der Waals surface area contributed by atoms with E-state index in [9.17, 15) is 4.79 Å². The Hall–Kier alpha value is -3.67. The molecule has 6 nitrogen and oxygen atoms in total. The SMILES string of the molecule is C1CC1.C=C1CC(C)(C)Oc2ccc(-c3n[nH]c4c3=CC(C(=O)NCc3ccccn3)CC=4)cc21. The van der Waals surface area contributed by atoms with E-state index in [1.165, 1.54) is 19.3 Å². The largest absolute Gasteiger partial charge is 0.487 e. The number of hydrogen-bond acceptors (Lipinski definition) is 4. The van der Waals surface area contributed by atoms with Gasteiger partial charge in [-0.05, 0) is 56.2 Å². The first-order chi connectivity index (χ1) is 16.9. The monoisotopic (exact) mass is 468 g/mol. The first kappa shape index (κ1) is 23.1. The second-order valence-corrected chi connectivity index (χ2v) is 10.1. The van der Waals surface area contributed by atoms with Crippen molar-refractivity contribution in [2.45, 2.75) is 58.1 Å². The molecular formula is C29H32N4O2. The van der Waals surface area contributed by atoms with Crippen LogP contribution in [0.1, 0.15) is 57.2 Å². The predicted molar refractivity (Wildman–Crippen MR) is 139 cm³/mol. The van der Waals surface area contributed by atoms with Gasteiger partial charge in [0.2, 0.25) is 5.91 Å². The number of carbonyl (C=O) groups excluding carboxylic acids is 1. The van der Waals surface area contributed by atoms with Gasteiger partial charge in [0.15, 0.2) is 0 Å². The molecule has 3 aliphatic rings. The van der Waals surface area contributed by atoms with Crippen molar-refractivity contribution in [3.05, 3.63) is 71.0 Å². The van der Waals surface area contributed by atoms with Crippen LogP contribution in [0.3, 0.4) is 0 Å². The van der Waals surface area contributed by atoms with Crippen molar-refractivity contribution < 1.29 is 9.53 Å². The first-order valence-electron chi connectivity index (χ1n) is 12.4. The maximum absolute atomic E-state index is 12.8. The van der Waals surface area contributed by atoms with E-state index in [-0.39, 0.29) is 17.4 Å². The van der Waals surface area contributed by atoms with E-state index < -0.39 is 0 Å². The third kappa shape index (κ3) is 5.37. The Morgan fingerprint density at radius 3 is 2.80 bits per heavy atom. The summed E-state index contributed by atoms with van der Waals surface area (Å²) in [6.07, 6.45) is 11.7. The van der Waals surface area contributed by atoms with Crippen LogP contribution in [0.4, 0.5) is 0 Å². The summed E-state index contributed by atoms with van der Waals surface area (Å²) in [4.78, 5) is 17.1. The van der Waals surface area contributed by atoms with E-state index in [1.807, 2.05) is 42.5 Å². The Balaban J connectivity index is 0.000000786. The number of carbonyl (C=O) groups is 1. The lowest BCUT2D eigenvalue weighted by atomic mass is 9.89. The summed E-state index contributed by atoms with van der Waals surface area (Å²) in [5.74, 6) is 0.583. The number of ether oxygens (including phenoxy) is 1. The number of aromatic amines is 1. The van der Waals surface area contributed by atoms with Crippen LogP contribution in [-0.2, 0) is 11.3 Å². The maximum Gasteiger partial charge on any atom is 0.227 e. The number of aromatic nitrogens is 3. The highest BCUT2D eigenvalue weighted by molar-refractivity contribution is 5.86. The van der Waals surface area contributed by atoms with E-state index >= 15 is 0 Å². The molecule has 180 valence electrons. The van der Waals surface area contributed by atoms with Gasteiger partial charge in [-0.3, -0.25) is 14.9 Å². The second-order valence-electron chi connectivity index (χ2n) is 10.1. The minimum absolute atomic E-state index is 0.0147. The number of nitrogens with one attached hydrogen (secondary N) is 2. The molecule has 2 N–H and O–H groups in total. The molecule has 1 atom stereocenters. The number of nitrogens with zero attached hydrogens (tertiary/aromatic N) is 2. The fourth-order valence-electron chi connectivity index (χ4n) is 4.40. The van der Waals surface area contributed by atoms with Gasteiger partial charge in [-0.15, -0.1) is 0 Å². The molecule has 1 amide bonds. The van der Waals surface area contributed by atoms with Crippen LogP contribution in [0.2, 0.25) is 0 Å². The van der Waals surface area contributed by atoms with Crippen molar-refractivity contribution in [2.24, 2.45) is 5.92 Å². The van der Waals surface area contributed by atoms with E-state index in [4.69, 9.17) is 4.74 Å². The number of H-pyrrole nitrogens is 1. The highest BCUT2D eigenvalue weighted by Gasteiger charge is 2.29. The number of amides is 1. The molecule has 1 aliphatic heterocycles. The third-order valence-electron chi connectivity index (χ3n) is 6.30. The molecule has 2 aliphatic carbocycles. The molecule has 1 saturated carbocycles. The molecule has 3 aromatic rings. The molecule has 0 radical (unpaired) electrons. The van der Waals surface area contributed by atoms with E-state index in [0.717, 1.165) is 50.8 Å². The summed E-state index contributed by atoms with van der Waals surface area (Å²) in [6, 6.07) is 11.8. The highest BCUT2D eigenvalue weighted by atomic mass is 16.5. The summed E-state index contributed by atoms with van der Waals surface area (Å²) in [5.41, 5.74) is 4.47. The molecule has 3 heterocycles. The molecule has 1 unspecified atom stereocenters. The average Bonchev–Trinajstić information content (AvgIpc) is 3.68. The summed E-state index contributed by atoms with van der Waals surface area (Å²) in [6.45, 7) is 8.82. The van der Waals surface area contributed by atoms with Gasteiger partial charge in [-0.1, -0.05) is 44.1 Å². The highest BCUT2D eigenvalue weighted by Crippen LogP contribution is 2.40. The topological polar surface area (TPSA) is 79.9 Å². The summed E-state index contributed by atoms with van der Waals surface area (Å²) in [5, 5.41) is 12.6. The predicted octanol–water partition coefficient (Wildman–Crippen LogP) is 4.11. The smallest absolute Gasteiger partial charge is 0.227 e. The lowest BCUT2D eigenvalue weighted by molar-refractivity contribution is -0.123. The van der Waals surface area contributed by atoms with Crippen LogP contribution in [0.5, 0.6) is 5.75 Å². The number of benzene rings is 1. The minimum Gasteiger partial charge on any atom is -0.487 e. The van der Waals surface area contributed by atoms with Gasteiger partial charge in [-0.2, -0.15) is 5.10 Å². The Morgan fingerprint density at radius 2 is 2.06 bits per heavy atom. The van der Waals surface area contributed by atoms with Crippen molar-refractivity contribution in [1.82, 2.24) is 20.5 Å². The first-order valence-corrected chi connectivity index (χ1v) is 12.4. The van der Waals surface area contributed by atoms with Crippen molar-refractivity contribution in [1.29, 1.82) is 0 Å². The summed E-state index contributed by atoms with van der Waals surface area (Å²) >= 11 is 0. The van der Waals surface area contributed by atoms with Crippen molar-refractivity contribution >= 4 is 23.6 Å². The fourth-order valence-corrected chi connectivity index (χ4v) is 4.40. The van der Waals surface area contributed by atoms with Gasteiger partial charge in [0.1, 0.15) is 11.4 Å². The summed E-state index contributed by atoms with van der Waals surface area (Å²) < 4.78 is 6.13. The zero-order valence-electron chi connectivity index (χ0n) is 20.4. The van der Waals surface area contributed by atoms with Gasteiger partial charge in [-0.25, -0.2) is 0 Å². The molecule has 1 fully saturated rings. The van der Waals surface area contributed by atoms with E-state index in [2.05, 4.69) is 47.0 Å². The Kier molecular flexibility index (Phi) is 6.29. The zero-order chi connectivity index (χ0) is 24.4. The molecule has 1 aromatic carbocycles. The number of rotatable bonds is 4. The molecule has 0 spiro atoms. The standard InChI is InChI=1S/C26H26N4O2.C3H6/c1-16-14-26(2,3)32-23-10-8-17(12-20(16)23)24-21-13-18(7-9-22(21)29-30-24)25(31)28-15-19-6-4-5-11-27-19;1-2-3-1/h4-6,8-13,18,29H,1,7,14-15H2,2-3H3,(H,28,31);1-3H2. The van der Waals surface area contributed by atoms with Gasteiger partial charge >= 0.3 is 0 Å². The van der Waals surface area contributed by atoms with E-state index in [1.54, 1.807) is 6.20 Å². The molecule has 0 saturated heterocycles. The lowest BCUT2D eigenvalue weighted by Gasteiger charge is -2.34.